The Morgan fingerprint density at radius 2 is 1.71 bits per heavy atom. The van der Waals surface area contributed by atoms with Crippen LogP contribution in [0.1, 0.15) is 24.0 Å². The first-order chi connectivity index (χ1) is 11.3. The largest absolute Gasteiger partial charge is 0.324 e. The highest BCUT2D eigenvalue weighted by Gasteiger charge is 2.61. The summed E-state index contributed by atoms with van der Waals surface area (Å²) in [5.74, 6) is -0.468. The van der Waals surface area contributed by atoms with Crippen molar-refractivity contribution in [2.75, 3.05) is 5.32 Å². The maximum Gasteiger partial charge on any atom is 0.246 e. The number of hydrogen-bond donors (Lipinski definition) is 1. The molecule has 4 nitrogen and oxygen atoms in total. The lowest BCUT2D eigenvalue weighted by Crippen LogP contribution is -2.37. The van der Waals surface area contributed by atoms with Crippen LogP contribution < -0.4 is 5.32 Å². The van der Waals surface area contributed by atoms with Crippen LogP contribution in [0.2, 0.25) is 5.02 Å². The Morgan fingerprint density at radius 3 is 2.25 bits per heavy atom. The zero-order valence-corrected chi connectivity index (χ0v) is 15.0. The van der Waals surface area contributed by atoms with E-state index in [9.17, 15) is 13.2 Å². The second kappa shape index (κ2) is 5.90. The van der Waals surface area contributed by atoms with E-state index in [0.29, 0.717) is 23.6 Å². The highest BCUT2D eigenvalue weighted by Crippen LogP contribution is 2.47. The van der Waals surface area contributed by atoms with Crippen molar-refractivity contribution in [2.45, 2.75) is 36.3 Å². The van der Waals surface area contributed by atoms with Gasteiger partial charge in [0.05, 0.1) is 4.90 Å². The first-order valence-corrected chi connectivity index (χ1v) is 9.51. The van der Waals surface area contributed by atoms with Gasteiger partial charge in [0.25, 0.3) is 0 Å². The van der Waals surface area contributed by atoms with Gasteiger partial charge in [-0.05, 0) is 62.6 Å². The van der Waals surface area contributed by atoms with Crippen molar-refractivity contribution in [3.63, 3.8) is 0 Å². The van der Waals surface area contributed by atoms with Gasteiger partial charge in [0.15, 0.2) is 14.6 Å². The summed E-state index contributed by atoms with van der Waals surface area (Å²) in [6, 6.07) is 11.6. The van der Waals surface area contributed by atoms with Crippen molar-refractivity contribution < 1.29 is 13.2 Å². The Labute approximate surface area is 146 Å². The van der Waals surface area contributed by atoms with Crippen LogP contribution in [0, 0.1) is 13.8 Å². The smallest absolute Gasteiger partial charge is 0.246 e. The van der Waals surface area contributed by atoms with E-state index in [2.05, 4.69) is 5.32 Å². The number of benzene rings is 2. The van der Waals surface area contributed by atoms with Crippen LogP contribution in [0.5, 0.6) is 0 Å². The second-order valence-corrected chi connectivity index (χ2v) is 8.92. The van der Waals surface area contributed by atoms with E-state index in [1.165, 1.54) is 24.3 Å². The molecule has 0 saturated heterocycles. The van der Waals surface area contributed by atoms with Crippen molar-refractivity contribution in [1.82, 2.24) is 0 Å². The minimum absolute atomic E-state index is 0.125. The molecule has 1 aliphatic carbocycles. The van der Waals surface area contributed by atoms with Crippen molar-refractivity contribution in [1.29, 1.82) is 0 Å². The molecule has 2 aromatic rings. The summed E-state index contributed by atoms with van der Waals surface area (Å²) in [6.07, 6.45) is 0.656. The second-order valence-electron chi connectivity index (χ2n) is 6.22. The van der Waals surface area contributed by atoms with Crippen LogP contribution in [0.4, 0.5) is 5.69 Å². The summed E-state index contributed by atoms with van der Waals surface area (Å²) >= 11 is 5.82. The maximum atomic E-state index is 12.9. The third-order valence-electron chi connectivity index (χ3n) is 4.39. The van der Waals surface area contributed by atoms with E-state index in [0.717, 1.165) is 11.1 Å². The minimum Gasteiger partial charge on any atom is -0.324 e. The van der Waals surface area contributed by atoms with E-state index in [1.807, 2.05) is 26.0 Å². The van der Waals surface area contributed by atoms with Crippen LogP contribution in [-0.2, 0) is 14.6 Å². The van der Waals surface area contributed by atoms with Gasteiger partial charge in [0.1, 0.15) is 0 Å². The first kappa shape index (κ1) is 17.0. The molecule has 3 rings (SSSR count). The van der Waals surface area contributed by atoms with E-state index in [4.69, 9.17) is 11.6 Å². The number of hydrogen-bond acceptors (Lipinski definition) is 3. The van der Waals surface area contributed by atoms with Gasteiger partial charge in [-0.1, -0.05) is 29.3 Å². The molecule has 1 amide bonds. The van der Waals surface area contributed by atoms with Gasteiger partial charge in [-0.25, -0.2) is 8.42 Å². The van der Waals surface area contributed by atoms with Crippen molar-refractivity contribution in [3.8, 4) is 0 Å². The van der Waals surface area contributed by atoms with Crippen LogP contribution in [0.3, 0.4) is 0 Å². The molecule has 0 aromatic heterocycles. The van der Waals surface area contributed by atoms with Gasteiger partial charge in [0, 0.05) is 10.7 Å². The Kier molecular flexibility index (Phi) is 4.18. The van der Waals surface area contributed by atoms with Crippen LogP contribution >= 0.6 is 11.6 Å². The average Bonchev–Trinajstić information content (AvgIpc) is 3.32. The number of aryl methyl sites for hydroxylation is 2. The predicted molar refractivity (Wildman–Crippen MR) is 95.1 cm³/mol. The van der Waals surface area contributed by atoms with Gasteiger partial charge in [-0.15, -0.1) is 0 Å². The van der Waals surface area contributed by atoms with E-state index in [1.54, 1.807) is 6.07 Å². The van der Waals surface area contributed by atoms with Crippen LogP contribution in [0.15, 0.2) is 47.4 Å². The van der Waals surface area contributed by atoms with Crippen LogP contribution in [0.25, 0.3) is 0 Å². The number of anilines is 1. The zero-order valence-electron chi connectivity index (χ0n) is 13.5. The Balaban J connectivity index is 1.90. The standard InChI is InChI=1S/C18H18ClNO3S/c1-12-3-8-16(13(2)11-12)20-17(21)18(9-10-18)24(22,23)15-6-4-14(19)5-7-15/h3-8,11H,9-10H2,1-2H3,(H,20,21). The van der Waals surface area contributed by atoms with Gasteiger partial charge < -0.3 is 5.32 Å². The third-order valence-corrected chi connectivity index (χ3v) is 7.15. The summed E-state index contributed by atoms with van der Waals surface area (Å²) in [5, 5.41) is 3.24. The Bertz CT molecular complexity index is 900. The molecular formula is C18H18ClNO3S. The van der Waals surface area contributed by atoms with Crippen molar-refractivity contribution in [2.24, 2.45) is 0 Å². The molecule has 1 saturated carbocycles. The summed E-state index contributed by atoms with van der Waals surface area (Å²) in [7, 11) is -3.76. The van der Waals surface area contributed by atoms with Crippen molar-refractivity contribution in [3.05, 3.63) is 58.6 Å². The lowest BCUT2D eigenvalue weighted by atomic mass is 10.1. The van der Waals surface area contributed by atoms with E-state index >= 15 is 0 Å². The number of sulfone groups is 1. The van der Waals surface area contributed by atoms with E-state index in [-0.39, 0.29) is 4.90 Å². The molecule has 0 heterocycles. The predicted octanol–water partition coefficient (Wildman–Crippen LogP) is 3.90. The highest BCUT2D eigenvalue weighted by atomic mass is 35.5. The molecule has 1 aliphatic rings. The number of carbonyl (C=O) groups is 1. The zero-order chi connectivity index (χ0) is 17.5. The van der Waals surface area contributed by atoms with E-state index < -0.39 is 20.5 Å². The summed E-state index contributed by atoms with van der Waals surface area (Å²) in [6.45, 7) is 3.85. The molecule has 6 heteroatoms. The van der Waals surface area contributed by atoms with Gasteiger partial charge >= 0.3 is 0 Å². The number of carbonyl (C=O) groups excluding carboxylic acids is 1. The number of amides is 1. The number of rotatable bonds is 4. The maximum absolute atomic E-state index is 12.9. The van der Waals surface area contributed by atoms with Gasteiger partial charge in [-0.2, -0.15) is 0 Å². The van der Waals surface area contributed by atoms with Crippen molar-refractivity contribution >= 4 is 33.0 Å². The molecule has 24 heavy (non-hydrogen) atoms. The monoisotopic (exact) mass is 363 g/mol. The average molecular weight is 364 g/mol. The molecule has 0 spiro atoms. The number of nitrogens with one attached hydrogen (secondary N) is 1. The quantitative estimate of drug-likeness (QED) is 0.895. The van der Waals surface area contributed by atoms with Gasteiger partial charge in [-0.3, -0.25) is 4.79 Å². The van der Waals surface area contributed by atoms with Crippen LogP contribution in [-0.4, -0.2) is 19.1 Å². The normalized spacial score (nSPS) is 15.8. The lowest BCUT2D eigenvalue weighted by Gasteiger charge is -2.17. The minimum atomic E-state index is -3.76. The lowest BCUT2D eigenvalue weighted by molar-refractivity contribution is -0.116. The summed E-state index contributed by atoms with van der Waals surface area (Å²) in [4.78, 5) is 12.8. The third kappa shape index (κ3) is 2.82. The Morgan fingerprint density at radius 1 is 1.08 bits per heavy atom. The summed E-state index contributed by atoms with van der Waals surface area (Å²) < 4.78 is 24.4. The Hall–Kier alpha value is -1.85. The molecule has 0 atom stereocenters. The highest BCUT2D eigenvalue weighted by molar-refractivity contribution is 7.94. The molecule has 1 N–H and O–H groups in total. The molecule has 0 unspecified atom stereocenters. The fourth-order valence-electron chi connectivity index (χ4n) is 2.76. The topological polar surface area (TPSA) is 63.2 Å². The van der Waals surface area contributed by atoms with Gasteiger partial charge in [0.2, 0.25) is 5.91 Å². The summed E-state index contributed by atoms with van der Waals surface area (Å²) in [5.41, 5.74) is 2.63. The molecule has 0 radical (unpaired) electrons. The number of halogens is 1. The molecular weight excluding hydrogens is 346 g/mol. The molecule has 2 aromatic carbocycles. The molecule has 0 aliphatic heterocycles. The SMILES string of the molecule is Cc1ccc(NC(=O)C2(S(=O)(=O)c3ccc(Cl)cc3)CC2)c(C)c1. The molecule has 1 fully saturated rings. The first-order valence-electron chi connectivity index (χ1n) is 7.65. The molecule has 0 bridgehead atoms. The fourth-order valence-corrected chi connectivity index (χ4v) is 4.77. The fraction of sp³-hybridized carbons (Fsp3) is 0.278. The molecule has 126 valence electrons.